The fourth-order valence-electron chi connectivity index (χ4n) is 2.55. The highest BCUT2D eigenvalue weighted by Gasteiger charge is 2.14. The second kappa shape index (κ2) is 9.18. The number of ether oxygens (including phenoxy) is 1. The Morgan fingerprint density at radius 2 is 1.55 bits per heavy atom. The molecule has 0 unspecified atom stereocenters. The summed E-state index contributed by atoms with van der Waals surface area (Å²) >= 11 is 17.9. The molecule has 0 radical (unpaired) electrons. The topological polar surface area (TPSA) is 67.4 Å². The Hall–Kier alpha value is -2.73. The van der Waals surface area contributed by atoms with Crippen LogP contribution in [0.3, 0.4) is 0 Å². The van der Waals surface area contributed by atoms with Gasteiger partial charge in [-0.2, -0.15) is 0 Å². The van der Waals surface area contributed by atoms with Crippen molar-refractivity contribution in [3.05, 3.63) is 86.9 Å². The lowest BCUT2D eigenvalue weighted by atomic mass is 10.2. The van der Waals surface area contributed by atoms with Gasteiger partial charge in [0.2, 0.25) is 0 Å². The molecule has 0 aliphatic rings. The van der Waals surface area contributed by atoms with Gasteiger partial charge >= 0.3 is 0 Å². The molecular weight excluding hydrogens is 435 g/mol. The van der Waals surface area contributed by atoms with Crippen molar-refractivity contribution in [1.82, 2.24) is 0 Å². The molecule has 5 nitrogen and oxygen atoms in total. The van der Waals surface area contributed by atoms with Crippen LogP contribution < -0.4 is 15.4 Å². The van der Waals surface area contributed by atoms with Crippen molar-refractivity contribution < 1.29 is 14.3 Å². The van der Waals surface area contributed by atoms with E-state index < -0.39 is 0 Å². The SMILES string of the molecule is COc1cc(NC(=O)c2ccc(Cl)c(Cl)c2)ccc1NC(=O)c1ccccc1Cl. The molecule has 0 spiro atoms. The molecule has 148 valence electrons. The molecule has 0 fully saturated rings. The maximum Gasteiger partial charge on any atom is 0.257 e. The molecule has 3 aromatic rings. The third kappa shape index (κ3) is 5.01. The standard InChI is InChI=1S/C21H15Cl3N2O3/c1-29-19-11-13(25-20(27)12-6-8-16(23)17(24)10-12)7-9-18(19)26-21(28)14-4-2-3-5-15(14)22/h2-11H,1H3,(H,25,27)(H,26,28). The first-order valence-corrected chi connectivity index (χ1v) is 9.52. The minimum absolute atomic E-state index is 0.287. The Balaban J connectivity index is 1.78. The van der Waals surface area contributed by atoms with E-state index in [1.807, 2.05) is 0 Å². The summed E-state index contributed by atoms with van der Waals surface area (Å²) in [6.45, 7) is 0. The number of rotatable bonds is 5. The van der Waals surface area contributed by atoms with E-state index in [-0.39, 0.29) is 16.8 Å². The second-order valence-corrected chi connectivity index (χ2v) is 7.15. The predicted molar refractivity (Wildman–Crippen MR) is 117 cm³/mol. The molecule has 29 heavy (non-hydrogen) atoms. The Morgan fingerprint density at radius 3 is 2.24 bits per heavy atom. The molecule has 3 rings (SSSR count). The molecule has 0 saturated carbocycles. The third-order valence-corrected chi connectivity index (χ3v) is 5.08. The van der Waals surface area contributed by atoms with Crippen LogP contribution in [-0.4, -0.2) is 18.9 Å². The Morgan fingerprint density at radius 1 is 0.793 bits per heavy atom. The molecule has 0 bridgehead atoms. The molecule has 0 aromatic heterocycles. The lowest BCUT2D eigenvalue weighted by molar-refractivity contribution is 0.101. The van der Waals surface area contributed by atoms with Crippen molar-refractivity contribution in [1.29, 1.82) is 0 Å². The van der Waals surface area contributed by atoms with Crippen LogP contribution in [0.1, 0.15) is 20.7 Å². The Bertz CT molecular complexity index is 1090. The first kappa shape index (κ1) is 21.0. The third-order valence-electron chi connectivity index (χ3n) is 4.01. The monoisotopic (exact) mass is 448 g/mol. The molecule has 0 heterocycles. The number of hydrogen-bond acceptors (Lipinski definition) is 3. The predicted octanol–water partition coefficient (Wildman–Crippen LogP) is 6.16. The van der Waals surface area contributed by atoms with Crippen LogP contribution in [0.2, 0.25) is 15.1 Å². The van der Waals surface area contributed by atoms with E-state index in [4.69, 9.17) is 39.5 Å². The van der Waals surface area contributed by atoms with E-state index in [2.05, 4.69) is 10.6 Å². The number of methoxy groups -OCH3 is 1. The van der Waals surface area contributed by atoms with Crippen LogP contribution >= 0.6 is 34.8 Å². The summed E-state index contributed by atoms with van der Waals surface area (Å²) < 4.78 is 5.34. The number of carbonyl (C=O) groups is 2. The van der Waals surface area contributed by atoms with E-state index in [1.54, 1.807) is 54.6 Å². The van der Waals surface area contributed by atoms with Gasteiger partial charge in [0.1, 0.15) is 5.75 Å². The van der Waals surface area contributed by atoms with Gasteiger partial charge in [0, 0.05) is 17.3 Å². The summed E-state index contributed by atoms with van der Waals surface area (Å²) in [4.78, 5) is 24.9. The second-order valence-electron chi connectivity index (χ2n) is 5.93. The van der Waals surface area contributed by atoms with Crippen LogP contribution in [0.5, 0.6) is 5.75 Å². The van der Waals surface area contributed by atoms with Gasteiger partial charge in [0.05, 0.1) is 33.4 Å². The molecule has 2 N–H and O–H groups in total. The summed E-state index contributed by atoms with van der Waals surface area (Å²) in [7, 11) is 1.46. The lowest BCUT2D eigenvalue weighted by Crippen LogP contribution is -2.14. The van der Waals surface area contributed by atoms with Gasteiger partial charge in [-0.3, -0.25) is 9.59 Å². The van der Waals surface area contributed by atoms with Crippen molar-refractivity contribution >= 4 is 58.0 Å². The van der Waals surface area contributed by atoms with Crippen molar-refractivity contribution in [2.24, 2.45) is 0 Å². The number of benzene rings is 3. The van der Waals surface area contributed by atoms with Gasteiger partial charge in [-0.25, -0.2) is 0 Å². The molecule has 0 saturated heterocycles. The highest BCUT2D eigenvalue weighted by atomic mass is 35.5. The van der Waals surface area contributed by atoms with Crippen LogP contribution in [0, 0.1) is 0 Å². The molecule has 2 amide bonds. The molecular formula is C21H15Cl3N2O3. The summed E-state index contributed by atoms with van der Waals surface area (Å²) in [6, 6.07) is 16.2. The minimum atomic E-state index is -0.374. The van der Waals surface area contributed by atoms with Crippen molar-refractivity contribution in [3.8, 4) is 5.75 Å². The number of halogens is 3. The smallest absolute Gasteiger partial charge is 0.257 e. The fraction of sp³-hybridized carbons (Fsp3) is 0.0476. The Labute approximate surface area is 182 Å². The van der Waals surface area contributed by atoms with E-state index in [0.717, 1.165) is 0 Å². The van der Waals surface area contributed by atoms with Gasteiger partial charge in [0.25, 0.3) is 11.8 Å². The maximum absolute atomic E-state index is 12.5. The van der Waals surface area contributed by atoms with Gasteiger partial charge in [-0.05, 0) is 42.5 Å². The molecule has 8 heteroatoms. The van der Waals surface area contributed by atoms with E-state index in [1.165, 1.54) is 13.2 Å². The maximum atomic E-state index is 12.5. The number of hydrogen-bond donors (Lipinski definition) is 2. The number of carbonyl (C=O) groups excluding carboxylic acids is 2. The molecule has 0 atom stereocenters. The lowest BCUT2D eigenvalue weighted by Gasteiger charge is -2.13. The van der Waals surface area contributed by atoms with Crippen LogP contribution in [-0.2, 0) is 0 Å². The van der Waals surface area contributed by atoms with Crippen LogP contribution in [0.15, 0.2) is 60.7 Å². The van der Waals surface area contributed by atoms with Gasteiger partial charge in [0.15, 0.2) is 0 Å². The molecule has 3 aromatic carbocycles. The highest BCUT2D eigenvalue weighted by Crippen LogP contribution is 2.30. The average Bonchev–Trinajstić information content (AvgIpc) is 2.71. The summed E-state index contributed by atoms with van der Waals surface area (Å²) in [6.07, 6.45) is 0. The Kier molecular flexibility index (Phi) is 6.64. The van der Waals surface area contributed by atoms with E-state index >= 15 is 0 Å². The summed E-state index contributed by atoms with van der Waals surface area (Å²) in [5.74, 6) is -0.364. The minimum Gasteiger partial charge on any atom is -0.494 e. The highest BCUT2D eigenvalue weighted by molar-refractivity contribution is 6.42. The zero-order chi connectivity index (χ0) is 21.0. The van der Waals surface area contributed by atoms with Crippen LogP contribution in [0.4, 0.5) is 11.4 Å². The number of amides is 2. The number of anilines is 2. The first-order chi connectivity index (χ1) is 13.9. The van der Waals surface area contributed by atoms with Crippen LogP contribution in [0.25, 0.3) is 0 Å². The van der Waals surface area contributed by atoms with E-state index in [0.29, 0.717) is 38.3 Å². The fourth-order valence-corrected chi connectivity index (χ4v) is 3.07. The van der Waals surface area contributed by atoms with Crippen molar-refractivity contribution in [3.63, 3.8) is 0 Å². The van der Waals surface area contributed by atoms with Gasteiger partial charge in [-0.15, -0.1) is 0 Å². The average molecular weight is 450 g/mol. The largest absolute Gasteiger partial charge is 0.494 e. The summed E-state index contributed by atoms with van der Waals surface area (Å²) in [5.41, 5.74) is 1.61. The molecule has 0 aliphatic carbocycles. The first-order valence-electron chi connectivity index (χ1n) is 8.39. The van der Waals surface area contributed by atoms with Crippen molar-refractivity contribution in [2.75, 3.05) is 17.7 Å². The van der Waals surface area contributed by atoms with Gasteiger partial charge in [-0.1, -0.05) is 46.9 Å². The quantitative estimate of drug-likeness (QED) is 0.490. The number of nitrogens with one attached hydrogen (secondary N) is 2. The van der Waals surface area contributed by atoms with E-state index in [9.17, 15) is 9.59 Å². The zero-order valence-electron chi connectivity index (χ0n) is 15.1. The van der Waals surface area contributed by atoms with Gasteiger partial charge < -0.3 is 15.4 Å². The van der Waals surface area contributed by atoms with Crippen molar-refractivity contribution in [2.45, 2.75) is 0 Å². The molecule has 0 aliphatic heterocycles. The zero-order valence-corrected chi connectivity index (χ0v) is 17.4. The normalized spacial score (nSPS) is 10.3. The summed E-state index contributed by atoms with van der Waals surface area (Å²) in [5, 5.41) is 6.49.